The Balaban J connectivity index is 0.00000162. The molecule has 1 fully saturated rings. The zero-order chi connectivity index (χ0) is 12.3. The van der Waals surface area contributed by atoms with Gasteiger partial charge in [0.2, 0.25) is 0 Å². The summed E-state index contributed by atoms with van der Waals surface area (Å²) < 4.78 is 1.03. The Morgan fingerprint density at radius 1 is 1.50 bits per heavy atom. The molecule has 2 N–H and O–H groups in total. The molecule has 102 valence electrons. The van der Waals surface area contributed by atoms with Crippen molar-refractivity contribution in [2.75, 3.05) is 6.54 Å². The van der Waals surface area contributed by atoms with Crippen molar-refractivity contribution >= 4 is 28.3 Å². The molecule has 18 heavy (non-hydrogen) atoms. The van der Waals surface area contributed by atoms with Gasteiger partial charge < -0.3 is 5.73 Å². The molecule has 1 saturated heterocycles. The zero-order valence-corrected chi connectivity index (χ0v) is 13.1. The molecule has 0 amide bonds. The fourth-order valence-electron chi connectivity index (χ4n) is 2.52. The maximum absolute atomic E-state index is 6.07. The van der Waals surface area contributed by atoms with Gasteiger partial charge in [-0.15, -0.1) is 12.4 Å². The van der Waals surface area contributed by atoms with Crippen molar-refractivity contribution in [3.05, 3.63) is 28.5 Å². The Kier molecular flexibility index (Phi) is 6.57. The van der Waals surface area contributed by atoms with Crippen molar-refractivity contribution in [3.63, 3.8) is 0 Å². The average molecular weight is 335 g/mol. The quantitative estimate of drug-likeness (QED) is 0.924. The van der Waals surface area contributed by atoms with Crippen LogP contribution in [-0.2, 0) is 6.54 Å². The molecule has 0 saturated carbocycles. The van der Waals surface area contributed by atoms with Crippen LogP contribution in [0.3, 0.4) is 0 Å². The number of hydrogen-bond donors (Lipinski definition) is 1. The van der Waals surface area contributed by atoms with Crippen molar-refractivity contribution in [3.8, 4) is 0 Å². The minimum absolute atomic E-state index is 0. The molecule has 1 aromatic heterocycles. The lowest BCUT2D eigenvalue weighted by Crippen LogP contribution is -2.48. The Morgan fingerprint density at radius 3 is 2.89 bits per heavy atom. The zero-order valence-electron chi connectivity index (χ0n) is 10.7. The highest BCUT2D eigenvalue weighted by atomic mass is 79.9. The second kappa shape index (κ2) is 7.43. The first-order chi connectivity index (χ1) is 8.16. The second-order valence-electron chi connectivity index (χ2n) is 4.86. The third-order valence-corrected chi connectivity index (χ3v) is 3.89. The maximum Gasteiger partial charge on any atom is 0.0544 e. The second-order valence-corrected chi connectivity index (χ2v) is 5.78. The molecule has 0 aliphatic carbocycles. The number of likely N-dealkylation sites (tertiary alicyclic amines) is 1. The van der Waals surface area contributed by atoms with Crippen LogP contribution >= 0.6 is 28.3 Å². The molecule has 1 aliphatic rings. The molecule has 1 aromatic rings. The molecular formula is C13H21BrClN3. The predicted octanol–water partition coefficient (Wildman–Crippen LogP) is 2.97. The van der Waals surface area contributed by atoms with Crippen LogP contribution in [-0.4, -0.2) is 28.5 Å². The van der Waals surface area contributed by atoms with Crippen LogP contribution in [0.15, 0.2) is 22.8 Å². The van der Waals surface area contributed by atoms with Crippen LogP contribution in [0.1, 0.15) is 31.9 Å². The highest BCUT2D eigenvalue weighted by molar-refractivity contribution is 9.10. The Labute approximate surface area is 124 Å². The van der Waals surface area contributed by atoms with Gasteiger partial charge in [-0.3, -0.25) is 9.88 Å². The van der Waals surface area contributed by atoms with E-state index in [1.165, 1.54) is 19.3 Å². The molecule has 0 bridgehead atoms. The van der Waals surface area contributed by atoms with E-state index in [1.54, 1.807) is 0 Å². The van der Waals surface area contributed by atoms with Gasteiger partial charge in [-0.1, -0.05) is 6.42 Å². The summed E-state index contributed by atoms with van der Waals surface area (Å²) in [5.74, 6) is 0. The van der Waals surface area contributed by atoms with Crippen LogP contribution in [0.4, 0.5) is 0 Å². The first-order valence-electron chi connectivity index (χ1n) is 6.27. The lowest BCUT2D eigenvalue weighted by Gasteiger charge is -2.37. The molecule has 3 nitrogen and oxygen atoms in total. The molecule has 5 heteroatoms. The molecule has 0 aromatic carbocycles. The summed E-state index contributed by atoms with van der Waals surface area (Å²) in [4.78, 5) is 6.91. The van der Waals surface area contributed by atoms with E-state index in [0.717, 1.165) is 23.3 Å². The third-order valence-electron chi connectivity index (χ3n) is 3.42. The molecule has 2 heterocycles. The van der Waals surface area contributed by atoms with E-state index in [4.69, 9.17) is 5.73 Å². The minimum Gasteiger partial charge on any atom is -0.327 e. The number of halogens is 2. The number of rotatable bonds is 3. The fraction of sp³-hybridized carbons (Fsp3) is 0.615. The largest absolute Gasteiger partial charge is 0.327 e. The van der Waals surface area contributed by atoms with Gasteiger partial charge in [0.1, 0.15) is 0 Å². The normalized spacial score (nSPS) is 22.3. The van der Waals surface area contributed by atoms with Gasteiger partial charge in [0.25, 0.3) is 0 Å². The summed E-state index contributed by atoms with van der Waals surface area (Å²) in [6.07, 6.45) is 5.66. The lowest BCUT2D eigenvalue weighted by atomic mass is 9.97. The first kappa shape index (κ1) is 15.9. The van der Waals surface area contributed by atoms with Crippen molar-refractivity contribution < 1.29 is 0 Å². The molecule has 2 unspecified atom stereocenters. The third kappa shape index (κ3) is 4.19. The van der Waals surface area contributed by atoms with Crippen LogP contribution in [0.2, 0.25) is 0 Å². The van der Waals surface area contributed by atoms with Crippen LogP contribution < -0.4 is 5.73 Å². The topological polar surface area (TPSA) is 42.1 Å². The van der Waals surface area contributed by atoms with Crippen LogP contribution in [0.25, 0.3) is 0 Å². The Hall–Kier alpha value is -0.160. The first-order valence-corrected chi connectivity index (χ1v) is 7.06. The summed E-state index contributed by atoms with van der Waals surface area (Å²) >= 11 is 3.41. The van der Waals surface area contributed by atoms with E-state index in [2.05, 4.69) is 38.8 Å². The standard InChI is InChI=1S/C13H20BrN3.ClH/c1-10(15)13-4-2-3-7-17(13)9-12-6-5-11(14)8-16-12;/h5-6,8,10,13H,2-4,7,9,15H2,1H3;1H. The van der Waals surface area contributed by atoms with Crippen molar-refractivity contribution in [2.24, 2.45) is 5.73 Å². The van der Waals surface area contributed by atoms with Gasteiger partial charge in [-0.2, -0.15) is 0 Å². The number of aromatic nitrogens is 1. The monoisotopic (exact) mass is 333 g/mol. The highest BCUT2D eigenvalue weighted by Gasteiger charge is 2.25. The summed E-state index contributed by atoms with van der Waals surface area (Å²) in [6.45, 7) is 4.17. The average Bonchev–Trinajstić information content (AvgIpc) is 2.32. The molecule has 1 aliphatic heterocycles. The summed E-state index contributed by atoms with van der Waals surface area (Å²) in [5.41, 5.74) is 7.19. The van der Waals surface area contributed by atoms with Gasteiger partial charge in [0, 0.05) is 29.3 Å². The number of nitrogens with zero attached hydrogens (tertiary/aromatic N) is 2. The Morgan fingerprint density at radius 2 is 2.28 bits per heavy atom. The summed E-state index contributed by atoms with van der Waals surface area (Å²) in [5, 5.41) is 0. The molecule has 2 rings (SSSR count). The highest BCUT2D eigenvalue weighted by Crippen LogP contribution is 2.21. The summed E-state index contributed by atoms with van der Waals surface area (Å²) in [6, 6.07) is 4.88. The SMILES string of the molecule is CC(N)C1CCCCN1Cc1ccc(Br)cn1.Cl. The maximum atomic E-state index is 6.07. The van der Waals surface area contributed by atoms with Gasteiger partial charge in [-0.25, -0.2) is 0 Å². The lowest BCUT2D eigenvalue weighted by molar-refractivity contribution is 0.121. The Bertz CT molecular complexity index is 356. The number of nitrogens with two attached hydrogens (primary N) is 1. The molecule has 0 spiro atoms. The predicted molar refractivity (Wildman–Crippen MR) is 80.9 cm³/mol. The molecule has 2 atom stereocenters. The van der Waals surface area contributed by atoms with E-state index in [0.29, 0.717) is 6.04 Å². The number of hydrogen-bond acceptors (Lipinski definition) is 3. The van der Waals surface area contributed by atoms with Crippen LogP contribution in [0, 0.1) is 0 Å². The van der Waals surface area contributed by atoms with E-state index in [9.17, 15) is 0 Å². The van der Waals surface area contributed by atoms with Crippen molar-refractivity contribution in [1.29, 1.82) is 0 Å². The number of pyridine rings is 1. The van der Waals surface area contributed by atoms with Gasteiger partial charge in [-0.05, 0) is 54.4 Å². The van der Waals surface area contributed by atoms with E-state index in [1.807, 2.05) is 12.3 Å². The molecular weight excluding hydrogens is 314 g/mol. The smallest absolute Gasteiger partial charge is 0.0544 e. The number of piperidine rings is 1. The van der Waals surface area contributed by atoms with Gasteiger partial charge in [0.05, 0.1) is 5.69 Å². The van der Waals surface area contributed by atoms with Crippen molar-refractivity contribution in [1.82, 2.24) is 9.88 Å². The van der Waals surface area contributed by atoms with Gasteiger partial charge in [0.15, 0.2) is 0 Å². The van der Waals surface area contributed by atoms with E-state index >= 15 is 0 Å². The van der Waals surface area contributed by atoms with Crippen LogP contribution in [0.5, 0.6) is 0 Å². The van der Waals surface area contributed by atoms with Crippen molar-refractivity contribution in [2.45, 2.75) is 44.8 Å². The molecule has 0 radical (unpaired) electrons. The fourth-order valence-corrected chi connectivity index (χ4v) is 2.75. The van der Waals surface area contributed by atoms with Gasteiger partial charge >= 0.3 is 0 Å². The minimum atomic E-state index is 0. The van der Waals surface area contributed by atoms with E-state index in [-0.39, 0.29) is 18.4 Å². The summed E-state index contributed by atoms with van der Waals surface area (Å²) in [7, 11) is 0. The van der Waals surface area contributed by atoms with E-state index < -0.39 is 0 Å².